The molecule has 0 aliphatic heterocycles. The number of ether oxygens (including phenoxy) is 1. The van der Waals surface area contributed by atoms with Crippen LogP contribution in [0.1, 0.15) is 22.7 Å². The number of rotatable bonds is 8. The number of hydrogen-bond donors (Lipinski definition) is 2. The second kappa shape index (κ2) is 10.2. The molecule has 0 spiro atoms. The summed E-state index contributed by atoms with van der Waals surface area (Å²) in [6.45, 7) is 0. The largest absolute Gasteiger partial charge is 0.496 e. The molecule has 2 N–H and O–H groups in total. The van der Waals surface area contributed by atoms with Gasteiger partial charge in [-0.3, -0.25) is 9.59 Å². The maximum absolute atomic E-state index is 13.7. The molecule has 1 heterocycles. The molecule has 9 nitrogen and oxygen atoms in total. The second-order valence-corrected chi connectivity index (χ2v) is 6.93. The number of nitrogens with one attached hydrogen (secondary N) is 2. The average Bonchev–Trinajstić information content (AvgIpc) is 3.20. The van der Waals surface area contributed by atoms with E-state index >= 15 is 0 Å². The Hall–Kier alpha value is -3.22. The SMILES string of the molecule is COc1ccc(F)cc1-c1ccc(CC(CC(=O)OI)NC(=O)c2n[nH]c(=O)o2)cc1. The van der Waals surface area contributed by atoms with E-state index in [0.717, 1.165) is 11.1 Å². The molecule has 11 heteroatoms. The van der Waals surface area contributed by atoms with Crippen LogP contribution in [0.25, 0.3) is 11.1 Å². The maximum Gasteiger partial charge on any atom is 0.434 e. The third-order valence-electron chi connectivity index (χ3n) is 4.38. The third kappa shape index (κ3) is 5.90. The van der Waals surface area contributed by atoms with Crippen molar-refractivity contribution in [1.29, 1.82) is 0 Å². The number of hydrogen-bond acceptors (Lipinski definition) is 7. The summed E-state index contributed by atoms with van der Waals surface area (Å²) in [6.07, 6.45) is 0.176. The topological polar surface area (TPSA) is 124 Å². The van der Waals surface area contributed by atoms with E-state index < -0.39 is 29.6 Å². The van der Waals surface area contributed by atoms with Gasteiger partial charge in [0.1, 0.15) is 11.6 Å². The van der Waals surface area contributed by atoms with E-state index in [1.807, 2.05) is 5.10 Å². The molecule has 3 aromatic rings. The van der Waals surface area contributed by atoms with E-state index in [4.69, 9.17) is 4.74 Å². The number of H-pyrrole nitrogens is 1. The van der Waals surface area contributed by atoms with Gasteiger partial charge >= 0.3 is 23.5 Å². The lowest BCUT2D eigenvalue weighted by molar-refractivity contribution is -0.131. The summed E-state index contributed by atoms with van der Waals surface area (Å²) >= 11 is 1.46. The summed E-state index contributed by atoms with van der Waals surface area (Å²) < 4.78 is 28.2. The molecule has 0 radical (unpaired) electrons. The summed E-state index contributed by atoms with van der Waals surface area (Å²) in [4.78, 5) is 35.0. The average molecular weight is 541 g/mol. The zero-order chi connectivity index (χ0) is 22.4. The Balaban J connectivity index is 1.77. The van der Waals surface area contributed by atoms with Crippen LogP contribution in [0.5, 0.6) is 5.75 Å². The van der Waals surface area contributed by atoms with Gasteiger partial charge in [0.05, 0.1) is 13.5 Å². The Bertz CT molecular complexity index is 1130. The Labute approximate surface area is 189 Å². The van der Waals surface area contributed by atoms with Gasteiger partial charge in [-0.25, -0.2) is 14.3 Å². The van der Waals surface area contributed by atoms with Crippen LogP contribution in [-0.2, 0) is 14.3 Å². The first kappa shape index (κ1) is 22.5. The highest BCUT2D eigenvalue weighted by Crippen LogP contribution is 2.30. The van der Waals surface area contributed by atoms with E-state index in [1.54, 1.807) is 30.3 Å². The fraction of sp³-hybridized carbons (Fsp3) is 0.200. The van der Waals surface area contributed by atoms with Gasteiger partial charge in [-0.15, -0.1) is 5.10 Å². The molecular weight excluding hydrogens is 524 g/mol. The van der Waals surface area contributed by atoms with Crippen molar-refractivity contribution >= 4 is 34.9 Å². The highest BCUT2D eigenvalue weighted by atomic mass is 127. The summed E-state index contributed by atoms with van der Waals surface area (Å²) in [5.74, 6) is -2.43. The minimum absolute atomic E-state index is 0.108. The summed E-state index contributed by atoms with van der Waals surface area (Å²) in [5, 5.41) is 8.07. The Morgan fingerprint density at radius 3 is 2.61 bits per heavy atom. The molecule has 3 rings (SSSR count). The molecule has 162 valence electrons. The van der Waals surface area contributed by atoms with Crippen LogP contribution in [0, 0.1) is 5.82 Å². The molecular formula is C20H17FIN3O6. The molecule has 1 unspecified atom stereocenters. The smallest absolute Gasteiger partial charge is 0.434 e. The van der Waals surface area contributed by atoms with E-state index in [0.29, 0.717) is 11.3 Å². The number of aromatic nitrogens is 2. The van der Waals surface area contributed by atoms with E-state index in [1.165, 1.54) is 42.2 Å². The number of amides is 1. The fourth-order valence-corrected chi connectivity index (χ4v) is 3.17. The van der Waals surface area contributed by atoms with Crippen molar-refractivity contribution < 1.29 is 26.2 Å². The highest BCUT2D eigenvalue weighted by molar-refractivity contribution is 14.1. The van der Waals surface area contributed by atoms with Gasteiger partial charge in [0, 0.05) is 11.6 Å². The van der Waals surface area contributed by atoms with Crippen molar-refractivity contribution in [1.82, 2.24) is 15.5 Å². The summed E-state index contributed by atoms with van der Waals surface area (Å²) in [7, 11) is 1.51. The number of halogens is 2. The number of carbonyl (C=O) groups is 2. The van der Waals surface area contributed by atoms with Crippen molar-refractivity contribution in [3.63, 3.8) is 0 Å². The van der Waals surface area contributed by atoms with Crippen LogP contribution in [0.2, 0.25) is 0 Å². The second-order valence-electron chi connectivity index (χ2n) is 6.49. The molecule has 1 aromatic heterocycles. The summed E-state index contributed by atoms with van der Waals surface area (Å²) in [5.41, 5.74) is 2.14. The van der Waals surface area contributed by atoms with E-state index in [2.05, 4.69) is 17.9 Å². The summed E-state index contributed by atoms with van der Waals surface area (Å²) in [6, 6.07) is 10.8. The lowest BCUT2D eigenvalue weighted by Gasteiger charge is -2.17. The molecule has 1 atom stereocenters. The zero-order valence-electron chi connectivity index (χ0n) is 16.2. The van der Waals surface area contributed by atoms with Crippen LogP contribution >= 0.6 is 23.0 Å². The monoisotopic (exact) mass is 541 g/mol. The first-order valence-corrected chi connectivity index (χ1v) is 9.88. The normalized spacial score (nSPS) is 11.6. The first-order chi connectivity index (χ1) is 14.9. The van der Waals surface area contributed by atoms with E-state index in [9.17, 15) is 18.8 Å². The molecule has 1 amide bonds. The molecule has 0 saturated carbocycles. The Kier molecular flexibility index (Phi) is 7.39. The molecule has 0 saturated heterocycles. The number of methoxy groups -OCH3 is 1. The van der Waals surface area contributed by atoms with E-state index in [-0.39, 0.29) is 18.7 Å². The fourth-order valence-electron chi connectivity index (χ4n) is 2.99. The molecule has 31 heavy (non-hydrogen) atoms. The van der Waals surface area contributed by atoms with Crippen LogP contribution in [0.3, 0.4) is 0 Å². The quantitative estimate of drug-likeness (QED) is 0.421. The number of aromatic amines is 1. The Morgan fingerprint density at radius 2 is 2.00 bits per heavy atom. The maximum atomic E-state index is 13.7. The van der Waals surface area contributed by atoms with Crippen LogP contribution in [0.15, 0.2) is 51.7 Å². The van der Waals surface area contributed by atoms with Crippen molar-refractivity contribution in [3.8, 4) is 16.9 Å². The minimum Gasteiger partial charge on any atom is -0.496 e. The molecule has 0 bridgehead atoms. The van der Waals surface area contributed by atoms with Gasteiger partial charge in [-0.2, -0.15) is 0 Å². The van der Waals surface area contributed by atoms with Gasteiger partial charge in [0.2, 0.25) is 0 Å². The number of carbonyl (C=O) groups excluding carboxylic acids is 2. The lowest BCUT2D eigenvalue weighted by atomic mass is 9.98. The Morgan fingerprint density at radius 1 is 1.26 bits per heavy atom. The predicted octanol–water partition coefficient (Wildman–Crippen LogP) is 2.80. The molecule has 0 aliphatic carbocycles. The third-order valence-corrected chi connectivity index (χ3v) is 4.87. The lowest BCUT2D eigenvalue weighted by Crippen LogP contribution is -2.38. The van der Waals surface area contributed by atoms with Gasteiger partial charge in [0.15, 0.2) is 23.0 Å². The van der Waals surface area contributed by atoms with Crippen molar-refractivity contribution in [2.75, 3.05) is 7.11 Å². The number of nitrogens with zero attached hydrogens (tertiary/aromatic N) is 1. The minimum atomic E-state index is -0.864. The van der Waals surface area contributed by atoms with Gasteiger partial charge in [-0.05, 0) is 35.7 Å². The molecule has 0 fully saturated rings. The first-order valence-electron chi connectivity index (χ1n) is 9.00. The van der Waals surface area contributed by atoms with Gasteiger partial charge in [0.25, 0.3) is 0 Å². The molecule has 0 aliphatic rings. The van der Waals surface area contributed by atoms with Crippen molar-refractivity contribution in [3.05, 3.63) is 70.3 Å². The van der Waals surface area contributed by atoms with Crippen LogP contribution < -0.4 is 15.8 Å². The van der Waals surface area contributed by atoms with Gasteiger partial charge in [-0.1, -0.05) is 24.3 Å². The standard InChI is InChI=1S/C20H17FIN3O6/c1-29-16-7-6-13(21)9-15(16)12-4-2-11(3-5-12)8-14(10-17(26)31-22)23-18(27)19-24-25-20(28)30-19/h2-7,9,14H,8,10H2,1H3,(H,23,27)(H,25,28). The predicted molar refractivity (Wildman–Crippen MR) is 115 cm³/mol. The van der Waals surface area contributed by atoms with Crippen molar-refractivity contribution in [2.45, 2.75) is 18.9 Å². The van der Waals surface area contributed by atoms with Crippen LogP contribution in [0.4, 0.5) is 4.39 Å². The highest BCUT2D eigenvalue weighted by Gasteiger charge is 2.22. The number of benzene rings is 2. The van der Waals surface area contributed by atoms with Gasteiger partial charge < -0.3 is 17.5 Å². The van der Waals surface area contributed by atoms with Crippen LogP contribution in [-0.4, -0.2) is 35.2 Å². The zero-order valence-corrected chi connectivity index (χ0v) is 18.3. The molecule has 2 aromatic carbocycles. The van der Waals surface area contributed by atoms with Crippen molar-refractivity contribution in [2.24, 2.45) is 0 Å².